The zero-order chi connectivity index (χ0) is 16.4. The predicted octanol–water partition coefficient (Wildman–Crippen LogP) is 2.95. The van der Waals surface area contributed by atoms with E-state index in [0.29, 0.717) is 15.6 Å². The molecule has 1 aromatic heterocycles. The molecule has 0 bridgehead atoms. The highest BCUT2D eigenvalue weighted by Crippen LogP contribution is 2.31. The second-order valence-electron chi connectivity index (χ2n) is 4.60. The van der Waals surface area contributed by atoms with Crippen molar-refractivity contribution in [2.75, 3.05) is 7.11 Å². The Morgan fingerprint density at radius 1 is 1.32 bits per heavy atom. The van der Waals surface area contributed by atoms with Crippen LogP contribution in [0.15, 0.2) is 24.4 Å². The van der Waals surface area contributed by atoms with Crippen LogP contribution in [0.4, 0.5) is 0 Å². The second-order valence-corrected chi connectivity index (χ2v) is 5.41. The fourth-order valence-electron chi connectivity index (χ4n) is 1.92. The number of aromatic hydroxyl groups is 2. The van der Waals surface area contributed by atoms with Gasteiger partial charge in [0.25, 0.3) is 5.91 Å². The number of halogens is 2. The number of rotatable bonds is 4. The van der Waals surface area contributed by atoms with Gasteiger partial charge in [0.05, 0.1) is 23.7 Å². The fraction of sp³-hybridized carbons (Fsp3) is 0.214. The molecule has 8 heteroatoms. The Labute approximate surface area is 137 Å². The van der Waals surface area contributed by atoms with Crippen LogP contribution in [-0.4, -0.2) is 32.9 Å². The third-order valence-electron chi connectivity index (χ3n) is 3.11. The van der Waals surface area contributed by atoms with Gasteiger partial charge in [-0.1, -0.05) is 29.3 Å². The van der Waals surface area contributed by atoms with Gasteiger partial charge in [0.2, 0.25) is 5.88 Å². The number of hydrogen-bond donors (Lipinski definition) is 2. The number of amides is 1. The number of benzene rings is 1. The van der Waals surface area contributed by atoms with E-state index in [1.165, 1.54) is 24.9 Å². The zero-order valence-corrected chi connectivity index (χ0v) is 13.4. The van der Waals surface area contributed by atoms with E-state index in [1.807, 2.05) is 0 Å². The molecule has 0 aliphatic carbocycles. The van der Waals surface area contributed by atoms with Crippen molar-refractivity contribution in [2.24, 2.45) is 7.05 Å². The van der Waals surface area contributed by atoms with Crippen LogP contribution in [0.3, 0.4) is 0 Å². The van der Waals surface area contributed by atoms with Gasteiger partial charge in [-0.25, -0.2) is 5.06 Å². The van der Waals surface area contributed by atoms with Crippen LogP contribution in [-0.2, 0) is 18.4 Å². The van der Waals surface area contributed by atoms with Crippen LogP contribution in [0.1, 0.15) is 15.9 Å². The van der Waals surface area contributed by atoms with E-state index in [2.05, 4.69) is 0 Å². The van der Waals surface area contributed by atoms with E-state index in [-0.39, 0.29) is 12.1 Å². The molecular formula is C14H14Cl2N2O4. The van der Waals surface area contributed by atoms with Crippen LogP contribution in [0.25, 0.3) is 0 Å². The van der Waals surface area contributed by atoms with Crippen molar-refractivity contribution in [1.29, 1.82) is 0 Å². The molecule has 0 unspecified atom stereocenters. The minimum Gasteiger partial charge on any atom is -0.503 e. The molecule has 0 fully saturated rings. The predicted molar refractivity (Wildman–Crippen MR) is 82.1 cm³/mol. The van der Waals surface area contributed by atoms with Gasteiger partial charge in [-0.3, -0.25) is 9.63 Å². The lowest BCUT2D eigenvalue weighted by Gasteiger charge is -2.19. The normalized spacial score (nSPS) is 10.7. The number of hydroxylamine groups is 2. The summed E-state index contributed by atoms with van der Waals surface area (Å²) in [6.07, 6.45) is 1.31. The average molecular weight is 345 g/mol. The Morgan fingerprint density at radius 2 is 2.00 bits per heavy atom. The summed E-state index contributed by atoms with van der Waals surface area (Å²) in [6.45, 7) is 0.0985. The van der Waals surface area contributed by atoms with Crippen molar-refractivity contribution in [1.82, 2.24) is 9.63 Å². The summed E-state index contributed by atoms with van der Waals surface area (Å²) in [5.74, 6) is -1.49. The number of nitrogens with zero attached hydrogens (tertiary/aromatic N) is 2. The van der Waals surface area contributed by atoms with Crippen LogP contribution in [0.2, 0.25) is 10.0 Å². The summed E-state index contributed by atoms with van der Waals surface area (Å²) in [5, 5.41) is 21.1. The van der Waals surface area contributed by atoms with Crippen molar-refractivity contribution in [3.8, 4) is 11.6 Å². The van der Waals surface area contributed by atoms with Crippen molar-refractivity contribution in [3.63, 3.8) is 0 Å². The van der Waals surface area contributed by atoms with E-state index in [9.17, 15) is 15.0 Å². The average Bonchev–Trinajstić information content (AvgIpc) is 2.75. The fourth-order valence-corrected chi connectivity index (χ4v) is 2.24. The Balaban J connectivity index is 2.25. The number of aromatic nitrogens is 1. The third-order valence-corrected chi connectivity index (χ3v) is 3.85. The van der Waals surface area contributed by atoms with Crippen LogP contribution < -0.4 is 0 Å². The lowest BCUT2D eigenvalue weighted by Crippen LogP contribution is -2.29. The molecule has 2 rings (SSSR count). The first-order valence-electron chi connectivity index (χ1n) is 6.22. The van der Waals surface area contributed by atoms with Crippen molar-refractivity contribution >= 4 is 29.1 Å². The van der Waals surface area contributed by atoms with Gasteiger partial charge < -0.3 is 14.8 Å². The topological polar surface area (TPSA) is 74.9 Å². The molecule has 0 saturated heterocycles. The lowest BCUT2D eigenvalue weighted by atomic mass is 10.2. The molecule has 2 aromatic rings. The first-order chi connectivity index (χ1) is 10.3. The molecule has 1 heterocycles. The SMILES string of the molecule is CON(Cc1ccc(Cl)c(Cl)c1)C(=O)c1cn(C)c(O)c1O. The third kappa shape index (κ3) is 3.14. The number of hydrogen-bond acceptors (Lipinski definition) is 4. The maximum atomic E-state index is 12.4. The summed E-state index contributed by atoms with van der Waals surface area (Å²) in [5.41, 5.74) is 0.631. The van der Waals surface area contributed by atoms with Gasteiger partial charge in [0.15, 0.2) is 5.75 Å². The number of carbonyl (C=O) groups excluding carboxylic acids is 1. The monoisotopic (exact) mass is 344 g/mol. The van der Waals surface area contributed by atoms with Gasteiger partial charge in [-0.15, -0.1) is 0 Å². The maximum absolute atomic E-state index is 12.4. The molecule has 0 aliphatic rings. The van der Waals surface area contributed by atoms with Crippen LogP contribution >= 0.6 is 23.2 Å². The summed E-state index contributed by atoms with van der Waals surface area (Å²) in [7, 11) is 2.83. The highest BCUT2D eigenvalue weighted by molar-refractivity contribution is 6.42. The molecule has 1 amide bonds. The van der Waals surface area contributed by atoms with Gasteiger partial charge in [0, 0.05) is 13.2 Å². The smallest absolute Gasteiger partial charge is 0.283 e. The molecule has 0 saturated carbocycles. The molecule has 22 heavy (non-hydrogen) atoms. The molecule has 1 aromatic carbocycles. The van der Waals surface area contributed by atoms with E-state index < -0.39 is 17.5 Å². The quantitative estimate of drug-likeness (QED) is 0.836. The molecule has 6 nitrogen and oxygen atoms in total. The minimum atomic E-state index is -0.595. The highest BCUT2D eigenvalue weighted by atomic mass is 35.5. The van der Waals surface area contributed by atoms with Crippen molar-refractivity contribution in [2.45, 2.75) is 6.54 Å². The Kier molecular flexibility index (Phi) is 4.85. The Hall–Kier alpha value is -1.89. The van der Waals surface area contributed by atoms with Gasteiger partial charge in [-0.2, -0.15) is 0 Å². The second kappa shape index (κ2) is 6.48. The summed E-state index contributed by atoms with van der Waals surface area (Å²) < 4.78 is 1.23. The summed E-state index contributed by atoms with van der Waals surface area (Å²) >= 11 is 11.8. The molecule has 0 aliphatic heterocycles. The number of aryl methyl sites for hydroxylation is 1. The van der Waals surface area contributed by atoms with Crippen LogP contribution in [0.5, 0.6) is 11.6 Å². The molecule has 0 atom stereocenters. The maximum Gasteiger partial charge on any atom is 0.283 e. The van der Waals surface area contributed by atoms with E-state index in [0.717, 1.165) is 5.06 Å². The lowest BCUT2D eigenvalue weighted by molar-refractivity contribution is -0.102. The molecule has 118 valence electrons. The number of carbonyl (C=O) groups is 1. The van der Waals surface area contributed by atoms with Gasteiger partial charge in [-0.05, 0) is 17.7 Å². The van der Waals surface area contributed by atoms with Crippen molar-refractivity contribution < 1.29 is 19.8 Å². The van der Waals surface area contributed by atoms with Gasteiger partial charge >= 0.3 is 0 Å². The Bertz CT molecular complexity index is 715. The van der Waals surface area contributed by atoms with E-state index in [4.69, 9.17) is 28.0 Å². The minimum absolute atomic E-state index is 0.0677. The Morgan fingerprint density at radius 3 is 2.50 bits per heavy atom. The molecule has 0 spiro atoms. The van der Waals surface area contributed by atoms with E-state index in [1.54, 1.807) is 18.2 Å². The molecule has 0 radical (unpaired) electrons. The summed E-state index contributed by atoms with van der Waals surface area (Å²) in [6, 6.07) is 4.94. The summed E-state index contributed by atoms with van der Waals surface area (Å²) in [4.78, 5) is 17.4. The van der Waals surface area contributed by atoms with Crippen LogP contribution in [0, 0.1) is 0 Å². The zero-order valence-electron chi connectivity index (χ0n) is 11.9. The largest absolute Gasteiger partial charge is 0.503 e. The van der Waals surface area contributed by atoms with Gasteiger partial charge in [0.1, 0.15) is 5.56 Å². The van der Waals surface area contributed by atoms with E-state index >= 15 is 0 Å². The molecular weight excluding hydrogens is 331 g/mol. The first-order valence-corrected chi connectivity index (χ1v) is 6.98. The standard InChI is InChI=1S/C14H14Cl2N2O4/c1-17-7-9(12(19)14(17)21)13(20)18(22-2)6-8-3-4-10(15)11(16)5-8/h3-5,7,19,21H,6H2,1-2H3. The van der Waals surface area contributed by atoms with Crippen molar-refractivity contribution in [3.05, 3.63) is 45.6 Å². The first kappa shape index (κ1) is 16.5. The molecule has 2 N–H and O–H groups in total. The highest BCUT2D eigenvalue weighted by Gasteiger charge is 2.24.